The van der Waals surface area contributed by atoms with Crippen LogP contribution in [0.1, 0.15) is 59.8 Å². The van der Waals surface area contributed by atoms with Crippen molar-refractivity contribution >= 4 is 6.09 Å². The second kappa shape index (κ2) is 10.8. The topological polar surface area (TPSA) is 66.0 Å². The third kappa shape index (κ3) is 11.3. The van der Waals surface area contributed by atoms with Crippen molar-refractivity contribution in [3.05, 3.63) is 0 Å². The number of hydrogen-bond acceptors (Lipinski definition) is 5. The van der Waals surface area contributed by atoms with Gasteiger partial charge in [-0.05, 0) is 59.8 Å². The lowest BCUT2D eigenvalue weighted by Crippen LogP contribution is -2.33. The third-order valence-corrected chi connectivity index (χ3v) is 3.26. The molecule has 23 heavy (non-hydrogen) atoms. The van der Waals surface area contributed by atoms with Crippen molar-refractivity contribution in [2.24, 2.45) is 0 Å². The van der Waals surface area contributed by atoms with E-state index in [9.17, 15) is 4.79 Å². The Balaban J connectivity index is 1.91. The van der Waals surface area contributed by atoms with Crippen LogP contribution in [0.2, 0.25) is 0 Å². The summed E-state index contributed by atoms with van der Waals surface area (Å²) in [4.78, 5) is 11.4. The summed E-state index contributed by atoms with van der Waals surface area (Å²) in [5.74, 6) is 0. The van der Waals surface area contributed by atoms with Gasteiger partial charge < -0.3 is 24.3 Å². The zero-order chi connectivity index (χ0) is 17.1. The summed E-state index contributed by atoms with van der Waals surface area (Å²) in [6.45, 7) is 10.2. The molecule has 6 heteroatoms. The molecule has 0 aromatic heterocycles. The Labute approximate surface area is 140 Å². The van der Waals surface area contributed by atoms with Crippen LogP contribution in [-0.2, 0) is 18.9 Å². The van der Waals surface area contributed by atoms with Crippen LogP contribution in [0, 0.1) is 0 Å². The SMILES string of the molecule is C[C@H](COCCCCNC(=O)OC(C)(C)C)OC1CCCCO1. The molecular formula is C17H33NO5. The first-order valence-electron chi connectivity index (χ1n) is 8.68. The van der Waals surface area contributed by atoms with Crippen molar-refractivity contribution in [1.82, 2.24) is 5.32 Å². The van der Waals surface area contributed by atoms with E-state index in [1.807, 2.05) is 27.7 Å². The molecule has 0 bridgehead atoms. The van der Waals surface area contributed by atoms with Crippen molar-refractivity contribution in [1.29, 1.82) is 0 Å². The number of nitrogens with one attached hydrogen (secondary N) is 1. The highest BCUT2D eigenvalue weighted by Gasteiger charge is 2.17. The maximum absolute atomic E-state index is 11.4. The minimum atomic E-state index is -0.453. The van der Waals surface area contributed by atoms with E-state index in [0.29, 0.717) is 19.8 Å². The van der Waals surface area contributed by atoms with Gasteiger partial charge in [-0.15, -0.1) is 0 Å². The molecule has 0 aromatic rings. The monoisotopic (exact) mass is 331 g/mol. The van der Waals surface area contributed by atoms with E-state index in [1.165, 1.54) is 6.42 Å². The normalized spacial score (nSPS) is 20.1. The summed E-state index contributed by atoms with van der Waals surface area (Å²) in [6.07, 6.45) is 4.63. The highest BCUT2D eigenvalue weighted by Crippen LogP contribution is 2.15. The van der Waals surface area contributed by atoms with Gasteiger partial charge in [-0.25, -0.2) is 4.79 Å². The third-order valence-electron chi connectivity index (χ3n) is 3.26. The van der Waals surface area contributed by atoms with E-state index >= 15 is 0 Å². The fourth-order valence-corrected chi connectivity index (χ4v) is 2.20. The number of amides is 1. The van der Waals surface area contributed by atoms with Crippen LogP contribution in [0.15, 0.2) is 0 Å². The molecule has 1 rings (SSSR count). The van der Waals surface area contributed by atoms with Gasteiger partial charge in [-0.3, -0.25) is 0 Å². The molecule has 0 aliphatic carbocycles. The van der Waals surface area contributed by atoms with Crippen LogP contribution in [-0.4, -0.2) is 50.5 Å². The number of unbranched alkanes of at least 4 members (excludes halogenated alkanes) is 1. The van der Waals surface area contributed by atoms with Crippen molar-refractivity contribution < 1.29 is 23.7 Å². The molecule has 1 saturated heterocycles. The molecule has 1 N–H and O–H groups in total. The molecule has 0 radical (unpaired) electrons. The van der Waals surface area contributed by atoms with Gasteiger partial charge in [-0.1, -0.05) is 0 Å². The Bertz CT molecular complexity index is 323. The van der Waals surface area contributed by atoms with Crippen molar-refractivity contribution in [3.8, 4) is 0 Å². The predicted octanol–water partition coefficient (Wildman–Crippen LogP) is 3.24. The average molecular weight is 331 g/mol. The predicted molar refractivity (Wildman–Crippen MR) is 88.4 cm³/mol. The van der Waals surface area contributed by atoms with Gasteiger partial charge in [-0.2, -0.15) is 0 Å². The minimum Gasteiger partial charge on any atom is -0.444 e. The second-order valence-electron chi connectivity index (χ2n) is 6.95. The molecule has 0 aromatic carbocycles. The Morgan fingerprint density at radius 2 is 2.09 bits per heavy atom. The molecule has 2 atom stereocenters. The summed E-state index contributed by atoms with van der Waals surface area (Å²) in [7, 11) is 0. The highest BCUT2D eigenvalue weighted by atomic mass is 16.7. The van der Waals surface area contributed by atoms with Crippen LogP contribution in [0.4, 0.5) is 4.79 Å². The fourth-order valence-electron chi connectivity index (χ4n) is 2.20. The van der Waals surface area contributed by atoms with Gasteiger partial charge in [0.05, 0.1) is 12.7 Å². The lowest BCUT2D eigenvalue weighted by atomic mass is 10.2. The quantitative estimate of drug-likeness (QED) is 0.657. The van der Waals surface area contributed by atoms with E-state index in [0.717, 1.165) is 32.3 Å². The maximum Gasteiger partial charge on any atom is 0.407 e. The van der Waals surface area contributed by atoms with Gasteiger partial charge in [0.15, 0.2) is 6.29 Å². The van der Waals surface area contributed by atoms with Gasteiger partial charge in [0.1, 0.15) is 5.60 Å². The molecule has 1 amide bonds. The number of ether oxygens (including phenoxy) is 4. The number of carbonyl (C=O) groups excluding carboxylic acids is 1. The van der Waals surface area contributed by atoms with E-state index in [4.69, 9.17) is 18.9 Å². The minimum absolute atomic E-state index is 0.0398. The Kier molecular flexibility index (Phi) is 9.52. The summed E-state index contributed by atoms with van der Waals surface area (Å²) >= 11 is 0. The average Bonchev–Trinajstić information content (AvgIpc) is 2.45. The Morgan fingerprint density at radius 3 is 2.74 bits per heavy atom. The van der Waals surface area contributed by atoms with Gasteiger partial charge >= 0.3 is 6.09 Å². The summed E-state index contributed by atoms with van der Waals surface area (Å²) in [5, 5.41) is 2.74. The zero-order valence-electron chi connectivity index (χ0n) is 15.1. The van der Waals surface area contributed by atoms with Crippen molar-refractivity contribution in [3.63, 3.8) is 0 Å². The molecule has 1 fully saturated rings. The summed E-state index contributed by atoms with van der Waals surface area (Å²) in [6, 6.07) is 0. The summed E-state index contributed by atoms with van der Waals surface area (Å²) < 4.78 is 22.1. The van der Waals surface area contributed by atoms with Crippen LogP contribution in [0.5, 0.6) is 0 Å². The van der Waals surface area contributed by atoms with E-state index in [1.54, 1.807) is 0 Å². The molecular weight excluding hydrogens is 298 g/mol. The molecule has 6 nitrogen and oxygen atoms in total. The number of alkyl carbamates (subject to hydrolysis) is 1. The lowest BCUT2D eigenvalue weighted by Gasteiger charge is -2.25. The van der Waals surface area contributed by atoms with Crippen LogP contribution in [0.3, 0.4) is 0 Å². The van der Waals surface area contributed by atoms with Gasteiger partial charge in [0.25, 0.3) is 0 Å². The van der Waals surface area contributed by atoms with E-state index < -0.39 is 5.60 Å². The largest absolute Gasteiger partial charge is 0.444 e. The van der Waals surface area contributed by atoms with Gasteiger partial charge in [0, 0.05) is 19.8 Å². The number of rotatable bonds is 9. The van der Waals surface area contributed by atoms with Crippen molar-refractivity contribution in [2.45, 2.75) is 77.8 Å². The van der Waals surface area contributed by atoms with Gasteiger partial charge in [0.2, 0.25) is 0 Å². The molecule has 0 saturated carbocycles. The first kappa shape index (κ1) is 20.2. The van der Waals surface area contributed by atoms with Crippen LogP contribution in [0.25, 0.3) is 0 Å². The van der Waals surface area contributed by atoms with Crippen LogP contribution < -0.4 is 5.32 Å². The standard InChI is InChI=1S/C17H33NO5/c1-14(22-15-9-5-7-12-21-15)13-20-11-8-6-10-18-16(19)23-17(2,3)4/h14-15H,5-13H2,1-4H3,(H,18,19)/t14-,15?/m1/s1. The molecule has 0 spiro atoms. The highest BCUT2D eigenvalue weighted by molar-refractivity contribution is 5.67. The smallest absolute Gasteiger partial charge is 0.407 e. The zero-order valence-corrected chi connectivity index (χ0v) is 15.1. The maximum atomic E-state index is 11.4. The summed E-state index contributed by atoms with van der Waals surface area (Å²) in [5.41, 5.74) is -0.453. The Hall–Kier alpha value is -0.850. The molecule has 1 aliphatic heterocycles. The molecule has 1 heterocycles. The number of carbonyl (C=O) groups is 1. The Morgan fingerprint density at radius 1 is 1.30 bits per heavy atom. The van der Waals surface area contributed by atoms with Crippen molar-refractivity contribution in [2.75, 3.05) is 26.4 Å². The second-order valence-corrected chi connectivity index (χ2v) is 6.95. The van der Waals surface area contributed by atoms with E-state index in [2.05, 4.69) is 5.32 Å². The van der Waals surface area contributed by atoms with E-state index in [-0.39, 0.29) is 18.5 Å². The fraction of sp³-hybridized carbons (Fsp3) is 0.941. The molecule has 1 unspecified atom stereocenters. The number of hydrogen-bond donors (Lipinski definition) is 1. The van der Waals surface area contributed by atoms with Crippen LogP contribution >= 0.6 is 0 Å². The lowest BCUT2D eigenvalue weighted by molar-refractivity contribution is -0.193. The first-order chi connectivity index (χ1) is 10.9. The first-order valence-corrected chi connectivity index (χ1v) is 8.68. The molecule has 1 aliphatic rings. The molecule has 136 valence electrons.